The summed E-state index contributed by atoms with van der Waals surface area (Å²) in [6, 6.07) is 1.98. The lowest BCUT2D eigenvalue weighted by molar-refractivity contribution is -0.147. The molecule has 0 aliphatic carbocycles. The maximum Gasteiger partial charge on any atom is 0.331 e. The largest absolute Gasteiger partial charge is 0.479 e. The molecule has 8 heteroatoms. The van der Waals surface area contributed by atoms with E-state index in [4.69, 9.17) is 0 Å². The van der Waals surface area contributed by atoms with Gasteiger partial charge in [0.25, 0.3) is 0 Å². The highest BCUT2D eigenvalue weighted by molar-refractivity contribution is 5.77. The Kier molecular flexibility index (Phi) is 3.71. The van der Waals surface area contributed by atoms with Gasteiger partial charge in [0.15, 0.2) is 11.4 Å². The van der Waals surface area contributed by atoms with Crippen LogP contribution in [0.4, 0.5) is 8.78 Å². The number of aryl methyl sites for hydroxylation is 1. The molecule has 1 atom stereocenters. The molecule has 0 saturated heterocycles. The van der Waals surface area contributed by atoms with E-state index in [9.17, 15) is 18.7 Å². The summed E-state index contributed by atoms with van der Waals surface area (Å²) in [5, 5.41) is 20.2. The van der Waals surface area contributed by atoms with Crippen LogP contribution in [-0.4, -0.2) is 31.3 Å². The fourth-order valence-electron chi connectivity index (χ4n) is 1.91. The molecule has 0 bridgehead atoms. The van der Waals surface area contributed by atoms with E-state index >= 15 is 0 Å². The molecule has 0 spiro atoms. The summed E-state index contributed by atoms with van der Waals surface area (Å²) in [6.07, 6.45) is 0.197. The maximum absolute atomic E-state index is 14.0. The van der Waals surface area contributed by atoms with Crippen molar-refractivity contribution in [3.05, 3.63) is 29.3 Å². The minimum atomic E-state index is -1.42. The van der Waals surface area contributed by atoms with Crippen LogP contribution < -0.4 is 0 Å². The smallest absolute Gasteiger partial charge is 0.331 e. The molecular weight excluding hydrogens is 282 g/mol. The molecule has 1 N–H and O–H groups in total. The molecule has 112 valence electrons. The number of rotatable bonds is 4. The summed E-state index contributed by atoms with van der Waals surface area (Å²) in [7, 11) is 0. The van der Waals surface area contributed by atoms with Gasteiger partial charge in [0.1, 0.15) is 11.6 Å². The summed E-state index contributed by atoms with van der Waals surface area (Å²) < 4.78 is 28.4. The highest BCUT2D eigenvalue weighted by Gasteiger charge is 2.37. The number of hydrogen-bond donors (Lipinski definition) is 1. The number of carbonyl (C=O) groups is 1. The molecule has 1 aromatic heterocycles. The van der Waals surface area contributed by atoms with Crippen molar-refractivity contribution < 1.29 is 18.7 Å². The average molecular weight is 296 g/mol. The van der Waals surface area contributed by atoms with Gasteiger partial charge in [-0.1, -0.05) is 6.92 Å². The van der Waals surface area contributed by atoms with Crippen LogP contribution in [0.15, 0.2) is 12.1 Å². The predicted molar refractivity (Wildman–Crippen MR) is 69.5 cm³/mol. The summed E-state index contributed by atoms with van der Waals surface area (Å²) in [5.74, 6) is -2.73. The number of aromatic nitrogens is 4. The highest BCUT2D eigenvalue weighted by atomic mass is 19.1. The van der Waals surface area contributed by atoms with Crippen molar-refractivity contribution in [2.75, 3.05) is 0 Å². The first-order chi connectivity index (χ1) is 9.81. The third-order valence-corrected chi connectivity index (χ3v) is 3.58. The molecular formula is C13H14F2N4O2. The lowest BCUT2D eigenvalue weighted by Gasteiger charge is -2.24. The normalized spacial score (nSPS) is 14.0. The van der Waals surface area contributed by atoms with Crippen LogP contribution in [0.25, 0.3) is 11.4 Å². The molecule has 21 heavy (non-hydrogen) atoms. The molecule has 1 heterocycles. The van der Waals surface area contributed by atoms with Gasteiger partial charge in [-0.3, -0.25) is 0 Å². The van der Waals surface area contributed by atoms with E-state index in [1.54, 1.807) is 6.92 Å². The Morgan fingerprint density at radius 2 is 2.05 bits per heavy atom. The van der Waals surface area contributed by atoms with E-state index < -0.39 is 23.1 Å². The van der Waals surface area contributed by atoms with Crippen LogP contribution in [0.5, 0.6) is 0 Å². The quantitative estimate of drug-likeness (QED) is 0.934. The fourth-order valence-corrected chi connectivity index (χ4v) is 1.91. The van der Waals surface area contributed by atoms with Crippen LogP contribution in [-0.2, 0) is 10.3 Å². The topological polar surface area (TPSA) is 80.9 Å². The Balaban J connectivity index is 2.66. The molecule has 2 aromatic rings. The van der Waals surface area contributed by atoms with Gasteiger partial charge in [-0.25, -0.2) is 18.3 Å². The SMILES string of the molecule is CCC(C)(C(=O)O)n1nnnc1-c1cc(C)c(F)cc1F. The van der Waals surface area contributed by atoms with Gasteiger partial charge in [0.2, 0.25) is 0 Å². The van der Waals surface area contributed by atoms with E-state index in [2.05, 4.69) is 15.5 Å². The molecule has 2 rings (SSSR count). The molecule has 0 amide bonds. The summed E-state index contributed by atoms with van der Waals surface area (Å²) in [4.78, 5) is 11.5. The van der Waals surface area contributed by atoms with Crippen LogP contribution in [0, 0.1) is 18.6 Å². The number of benzene rings is 1. The van der Waals surface area contributed by atoms with Gasteiger partial charge in [0.05, 0.1) is 5.56 Å². The average Bonchev–Trinajstić information content (AvgIpc) is 2.91. The lowest BCUT2D eigenvalue weighted by atomic mass is 9.98. The number of halogens is 2. The Morgan fingerprint density at radius 3 is 2.62 bits per heavy atom. The van der Waals surface area contributed by atoms with Crippen molar-refractivity contribution in [1.82, 2.24) is 20.2 Å². The number of carboxylic acids is 1. The van der Waals surface area contributed by atoms with Crippen molar-refractivity contribution >= 4 is 5.97 Å². The van der Waals surface area contributed by atoms with E-state index in [0.717, 1.165) is 10.7 Å². The van der Waals surface area contributed by atoms with Crippen molar-refractivity contribution in [2.45, 2.75) is 32.7 Å². The van der Waals surface area contributed by atoms with Gasteiger partial charge >= 0.3 is 5.97 Å². The molecule has 1 unspecified atom stereocenters. The predicted octanol–water partition coefficient (Wildman–Crippen LogP) is 2.14. The Labute approximate surface area is 119 Å². The van der Waals surface area contributed by atoms with Gasteiger partial charge < -0.3 is 5.11 Å². The van der Waals surface area contributed by atoms with Gasteiger partial charge in [-0.2, -0.15) is 0 Å². The van der Waals surface area contributed by atoms with Crippen molar-refractivity contribution in [3.8, 4) is 11.4 Å². The summed E-state index contributed by atoms with van der Waals surface area (Å²) >= 11 is 0. The minimum Gasteiger partial charge on any atom is -0.479 e. The Hall–Kier alpha value is -2.38. The number of aliphatic carboxylic acids is 1. The van der Waals surface area contributed by atoms with Crippen LogP contribution in [0.2, 0.25) is 0 Å². The zero-order chi connectivity index (χ0) is 15.8. The van der Waals surface area contributed by atoms with E-state index in [1.165, 1.54) is 19.9 Å². The third-order valence-electron chi connectivity index (χ3n) is 3.58. The third kappa shape index (κ3) is 2.37. The Bertz CT molecular complexity index is 701. The molecule has 0 aliphatic heterocycles. The molecule has 6 nitrogen and oxygen atoms in total. The van der Waals surface area contributed by atoms with Gasteiger partial charge in [-0.05, 0) is 42.3 Å². The molecule has 0 saturated carbocycles. The maximum atomic E-state index is 14.0. The zero-order valence-electron chi connectivity index (χ0n) is 11.8. The molecule has 0 fully saturated rings. The van der Waals surface area contributed by atoms with Crippen LogP contribution in [0.3, 0.4) is 0 Å². The van der Waals surface area contributed by atoms with E-state index in [1.807, 2.05) is 0 Å². The van der Waals surface area contributed by atoms with E-state index in [-0.39, 0.29) is 23.4 Å². The second kappa shape index (κ2) is 5.19. The Morgan fingerprint density at radius 1 is 1.38 bits per heavy atom. The van der Waals surface area contributed by atoms with E-state index in [0.29, 0.717) is 0 Å². The number of carboxylic acid groups (broad SMARTS) is 1. The zero-order valence-corrected chi connectivity index (χ0v) is 11.8. The van der Waals surface area contributed by atoms with Crippen molar-refractivity contribution in [3.63, 3.8) is 0 Å². The van der Waals surface area contributed by atoms with Crippen molar-refractivity contribution in [1.29, 1.82) is 0 Å². The first kappa shape index (κ1) is 15.0. The highest BCUT2D eigenvalue weighted by Crippen LogP contribution is 2.29. The molecule has 0 radical (unpaired) electrons. The summed E-state index contributed by atoms with van der Waals surface area (Å²) in [5.41, 5.74) is -1.25. The second-order valence-electron chi connectivity index (χ2n) is 4.93. The van der Waals surface area contributed by atoms with Gasteiger partial charge in [-0.15, -0.1) is 5.10 Å². The standard InChI is InChI=1S/C13H14F2N4O2/c1-4-13(3,12(20)21)19-11(16-17-18-19)8-5-7(2)9(14)6-10(8)15/h5-6H,4H2,1-3H3,(H,20,21). The molecule has 0 aliphatic rings. The second-order valence-corrected chi connectivity index (χ2v) is 4.93. The van der Waals surface area contributed by atoms with Crippen LogP contribution in [0.1, 0.15) is 25.8 Å². The summed E-state index contributed by atoms with van der Waals surface area (Å²) in [6.45, 7) is 4.57. The van der Waals surface area contributed by atoms with Gasteiger partial charge in [0, 0.05) is 6.07 Å². The van der Waals surface area contributed by atoms with Crippen molar-refractivity contribution in [2.24, 2.45) is 0 Å². The lowest BCUT2D eigenvalue weighted by Crippen LogP contribution is -2.39. The number of tetrazole rings is 1. The first-order valence-electron chi connectivity index (χ1n) is 6.29. The number of nitrogens with zero attached hydrogens (tertiary/aromatic N) is 4. The molecule has 1 aromatic carbocycles. The monoisotopic (exact) mass is 296 g/mol. The fraction of sp³-hybridized carbons (Fsp3) is 0.385. The minimum absolute atomic E-state index is 0.0418. The van der Waals surface area contributed by atoms with Crippen LogP contribution >= 0.6 is 0 Å². The number of hydrogen-bond acceptors (Lipinski definition) is 4. The first-order valence-corrected chi connectivity index (χ1v) is 6.29.